The average Bonchev–Trinajstić information content (AvgIpc) is 2.68. The van der Waals surface area contributed by atoms with Gasteiger partial charge in [0.2, 0.25) is 6.29 Å². The molecule has 0 radical (unpaired) electrons. The van der Waals surface area contributed by atoms with Crippen LogP contribution < -0.4 is 0 Å². The maximum atomic E-state index is 11.7. The molecule has 10 heteroatoms. The number of hydrogen-bond acceptors (Lipinski definition) is 7. The van der Waals surface area contributed by atoms with Gasteiger partial charge in [0.15, 0.2) is 14.1 Å². The number of carbonyl (C=O) groups is 1. The van der Waals surface area contributed by atoms with Gasteiger partial charge >= 0.3 is 5.97 Å². The van der Waals surface area contributed by atoms with E-state index in [1.54, 1.807) is 13.8 Å². The number of hydrogen-bond donors (Lipinski definition) is 2. The van der Waals surface area contributed by atoms with Gasteiger partial charge in [-0.2, -0.15) is 0 Å². The van der Waals surface area contributed by atoms with Gasteiger partial charge in [-0.3, -0.25) is 0 Å². The van der Waals surface area contributed by atoms with Crippen molar-refractivity contribution >= 4 is 28.5 Å². The van der Waals surface area contributed by atoms with Crippen LogP contribution in [0.1, 0.15) is 47.5 Å². The van der Waals surface area contributed by atoms with Crippen molar-refractivity contribution in [2.75, 3.05) is 6.61 Å². The van der Waals surface area contributed by atoms with Crippen LogP contribution in [-0.2, 0) is 23.4 Å². The van der Waals surface area contributed by atoms with Crippen molar-refractivity contribution in [2.45, 2.75) is 124 Å². The normalized spacial score (nSPS) is 24.5. The third-order valence-electron chi connectivity index (χ3n) is 7.06. The number of carbonyl (C=O) groups excluding carboxylic acids is 1. The first-order valence-electron chi connectivity index (χ1n) is 12.1. The van der Waals surface area contributed by atoms with Gasteiger partial charge in [0.1, 0.15) is 6.10 Å². The number of ether oxygens (including phenoxy) is 3. The molecule has 0 aromatic rings. The highest BCUT2D eigenvalue weighted by Crippen LogP contribution is 2.41. The van der Waals surface area contributed by atoms with E-state index in [0.29, 0.717) is 12.2 Å². The predicted octanol–water partition coefficient (Wildman–Crippen LogP) is 4.54. The zero-order chi connectivity index (χ0) is 26.2. The van der Waals surface area contributed by atoms with Crippen LogP contribution in [0.15, 0.2) is 12.2 Å². The zero-order valence-corrected chi connectivity index (χ0v) is 25.9. The molecule has 1 rings (SSSR count). The molecule has 2 N–H and O–H groups in total. The fraction of sp³-hybridized carbons (Fsp3) is 0.870. The van der Waals surface area contributed by atoms with Gasteiger partial charge in [0, 0.05) is 19.8 Å². The zero-order valence-electron chi connectivity index (χ0n) is 22.9. The molecule has 1 aliphatic heterocycles. The van der Waals surface area contributed by atoms with Gasteiger partial charge in [-0.1, -0.05) is 46.6 Å². The molecular weight excluding hydrogens is 473 g/mol. The standard InChI is InChI=1S/C17H36O4Si3.C6H14O3/c1-11-15(19-14(4)20-17(18)13(2)3)16-12-22(5,6)24(9,10)23(7,8)21-16;1-3-4-9-6(8)5(2)7/h14-16H,2,11-12H2,1,3-10H3;5-8H,3-4H2,1-2H3. The van der Waals surface area contributed by atoms with Crippen LogP contribution in [0.3, 0.4) is 0 Å². The molecule has 1 saturated heterocycles. The van der Waals surface area contributed by atoms with E-state index in [-0.39, 0.29) is 12.2 Å². The highest BCUT2D eigenvalue weighted by molar-refractivity contribution is 7.67. The Hall–Kier alpha value is -0.339. The van der Waals surface area contributed by atoms with E-state index in [1.807, 2.05) is 6.92 Å². The number of esters is 1. The topological polar surface area (TPSA) is 94.5 Å². The van der Waals surface area contributed by atoms with Crippen molar-refractivity contribution in [2.24, 2.45) is 0 Å². The van der Waals surface area contributed by atoms with Crippen LogP contribution in [0, 0.1) is 0 Å². The third-order valence-corrected chi connectivity index (χ3v) is 47.4. The van der Waals surface area contributed by atoms with Crippen LogP contribution in [0.4, 0.5) is 0 Å². The summed E-state index contributed by atoms with van der Waals surface area (Å²) in [5.41, 5.74) is 0.391. The first-order chi connectivity index (χ1) is 14.9. The minimum absolute atomic E-state index is 0.0263. The maximum absolute atomic E-state index is 11.7. The lowest BCUT2D eigenvalue weighted by molar-refractivity contribution is -0.189. The molecule has 1 aliphatic rings. The van der Waals surface area contributed by atoms with Gasteiger partial charge < -0.3 is 28.8 Å². The molecule has 5 atom stereocenters. The summed E-state index contributed by atoms with van der Waals surface area (Å²) in [6.07, 6.45) is -0.585. The second-order valence-electron chi connectivity index (χ2n) is 10.7. The quantitative estimate of drug-likeness (QED) is 0.188. The highest BCUT2D eigenvalue weighted by Gasteiger charge is 2.59. The fourth-order valence-corrected chi connectivity index (χ4v) is 33.1. The molecule has 0 spiro atoms. The van der Waals surface area contributed by atoms with Crippen molar-refractivity contribution in [1.29, 1.82) is 0 Å². The second kappa shape index (κ2) is 13.7. The van der Waals surface area contributed by atoms with Crippen molar-refractivity contribution in [1.82, 2.24) is 0 Å². The van der Waals surface area contributed by atoms with Crippen LogP contribution >= 0.6 is 0 Å². The van der Waals surface area contributed by atoms with Crippen LogP contribution in [0.2, 0.25) is 45.3 Å². The molecule has 5 unspecified atom stereocenters. The molecule has 0 aromatic heterocycles. The van der Waals surface area contributed by atoms with E-state index in [9.17, 15) is 4.79 Å². The SMILES string of the molecule is C=C(C)C(=O)OC(C)OC(CC)C1C[Si](C)(C)[Si](C)(C)[Si](C)(C)O1.CCCOC(O)C(C)O. The van der Waals surface area contributed by atoms with E-state index >= 15 is 0 Å². The first kappa shape index (κ1) is 32.7. The van der Waals surface area contributed by atoms with Crippen LogP contribution in [0.5, 0.6) is 0 Å². The Morgan fingerprint density at radius 1 is 1.12 bits per heavy atom. The third kappa shape index (κ3) is 9.67. The molecule has 196 valence electrons. The average molecular weight is 523 g/mol. The van der Waals surface area contributed by atoms with Crippen molar-refractivity contribution in [3.63, 3.8) is 0 Å². The summed E-state index contributed by atoms with van der Waals surface area (Å²) in [5.74, 6) is -0.403. The number of aliphatic hydroxyl groups is 2. The predicted molar refractivity (Wildman–Crippen MR) is 142 cm³/mol. The lowest BCUT2D eigenvalue weighted by Gasteiger charge is -2.55. The summed E-state index contributed by atoms with van der Waals surface area (Å²) in [4.78, 5) is 11.7. The summed E-state index contributed by atoms with van der Waals surface area (Å²) in [6, 6.07) is 1.14. The summed E-state index contributed by atoms with van der Waals surface area (Å²) in [7, 11) is -4.34. The minimum Gasteiger partial charge on any atom is -0.433 e. The largest absolute Gasteiger partial charge is 0.433 e. The Labute approximate surface area is 204 Å². The monoisotopic (exact) mass is 522 g/mol. The van der Waals surface area contributed by atoms with E-state index in [2.05, 4.69) is 52.8 Å². The van der Waals surface area contributed by atoms with E-state index in [0.717, 1.165) is 18.9 Å². The van der Waals surface area contributed by atoms with Gasteiger partial charge in [-0.05, 0) is 52.8 Å². The highest BCUT2D eigenvalue weighted by atomic mass is 29.6. The molecule has 0 aromatic carbocycles. The van der Waals surface area contributed by atoms with Gasteiger partial charge in [-0.15, -0.1) is 0 Å². The molecule has 0 aliphatic carbocycles. The molecular formula is C23H50O7Si3. The lowest BCUT2D eigenvalue weighted by atomic mass is 10.2. The maximum Gasteiger partial charge on any atom is 0.335 e. The Morgan fingerprint density at radius 2 is 1.67 bits per heavy atom. The minimum atomic E-state index is -1.70. The van der Waals surface area contributed by atoms with Crippen molar-refractivity contribution < 1.29 is 33.6 Å². The van der Waals surface area contributed by atoms with E-state index < -0.39 is 47.2 Å². The van der Waals surface area contributed by atoms with Crippen molar-refractivity contribution in [3.8, 4) is 0 Å². The molecule has 0 saturated carbocycles. The Kier molecular flexibility index (Phi) is 13.5. The van der Waals surface area contributed by atoms with E-state index in [4.69, 9.17) is 28.8 Å². The molecule has 0 bridgehead atoms. The fourth-order valence-electron chi connectivity index (χ4n) is 3.70. The van der Waals surface area contributed by atoms with Gasteiger partial charge in [-0.25, -0.2) is 4.79 Å². The summed E-state index contributed by atoms with van der Waals surface area (Å²) in [5, 5.41) is 17.5. The van der Waals surface area contributed by atoms with Crippen molar-refractivity contribution in [3.05, 3.63) is 12.2 Å². The summed E-state index contributed by atoms with van der Waals surface area (Å²) >= 11 is 0. The van der Waals surface area contributed by atoms with Gasteiger partial charge in [0.05, 0.1) is 19.3 Å². The summed E-state index contributed by atoms with van der Waals surface area (Å²) < 4.78 is 22.8. The van der Waals surface area contributed by atoms with Gasteiger partial charge in [0.25, 0.3) is 0 Å². The molecule has 7 nitrogen and oxygen atoms in total. The first-order valence-corrected chi connectivity index (χ1v) is 23.2. The Morgan fingerprint density at radius 3 is 2.06 bits per heavy atom. The lowest BCUT2D eigenvalue weighted by Crippen LogP contribution is -2.77. The van der Waals surface area contributed by atoms with Crippen LogP contribution in [0.25, 0.3) is 0 Å². The second-order valence-corrected chi connectivity index (χ2v) is 38.1. The molecule has 33 heavy (non-hydrogen) atoms. The Balaban J connectivity index is 0.000000960. The summed E-state index contributed by atoms with van der Waals surface area (Å²) in [6.45, 7) is 27.9. The van der Waals surface area contributed by atoms with Crippen LogP contribution in [-0.4, -0.2) is 76.2 Å². The molecule has 1 heterocycles. The molecule has 0 amide bonds. The smallest absolute Gasteiger partial charge is 0.335 e. The number of rotatable bonds is 10. The Bertz CT molecular complexity index is 603. The molecule has 1 fully saturated rings. The number of aliphatic hydroxyl groups excluding tert-OH is 2. The van der Waals surface area contributed by atoms with E-state index in [1.165, 1.54) is 6.92 Å².